The molecule has 3 rings (SSSR count). The molecule has 14 heteroatoms. The van der Waals surface area contributed by atoms with E-state index in [0.717, 1.165) is 29.9 Å². The van der Waals surface area contributed by atoms with Crippen molar-refractivity contribution < 1.29 is 33.4 Å². The van der Waals surface area contributed by atoms with Gasteiger partial charge in [-0.05, 0) is 12.8 Å². The first-order valence-electron chi connectivity index (χ1n) is 12.7. The molecule has 0 aromatic carbocycles. The van der Waals surface area contributed by atoms with E-state index < -0.39 is 5.25 Å². The molecule has 3 aliphatic heterocycles. The number of carbonyl (C=O) groups is 5. The monoisotopic (exact) mass is 559 g/mol. The summed E-state index contributed by atoms with van der Waals surface area (Å²) in [5.41, 5.74) is 0. The fourth-order valence-electron chi connectivity index (χ4n) is 4.41. The molecule has 208 valence electrons. The van der Waals surface area contributed by atoms with Crippen molar-refractivity contribution in [2.75, 3.05) is 51.8 Å². The number of fused-ring (bicyclic) bond motifs is 1. The highest BCUT2D eigenvalue weighted by molar-refractivity contribution is 8.00. The van der Waals surface area contributed by atoms with Crippen LogP contribution < -0.4 is 21.3 Å². The third kappa shape index (κ3) is 9.65. The van der Waals surface area contributed by atoms with Gasteiger partial charge in [0.2, 0.25) is 23.6 Å². The summed E-state index contributed by atoms with van der Waals surface area (Å²) in [5, 5.41) is 11.2. The van der Waals surface area contributed by atoms with Gasteiger partial charge < -0.3 is 30.7 Å². The third-order valence-corrected chi connectivity index (χ3v) is 8.28. The normalized spacial score (nSPS) is 24.7. The molecule has 12 nitrogen and oxygen atoms in total. The van der Waals surface area contributed by atoms with Gasteiger partial charge in [-0.3, -0.25) is 24.1 Å². The molecule has 3 heterocycles. The van der Waals surface area contributed by atoms with Crippen molar-refractivity contribution in [1.82, 2.24) is 26.2 Å². The summed E-state index contributed by atoms with van der Waals surface area (Å²) in [6.07, 6.45) is 3.36. The lowest BCUT2D eigenvalue weighted by atomic mass is 10.0. The quantitative estimate of drug-likeness (QED) is 0.0687. The Morgan fingerprint density at radius 2 is 1.65 bits per heavy atom. The van der Waals surface area contributed by atoms with Crippen LogP contribution in [0.25, 0.3) is 0 Å². The van der Waals surface area contributed by atoms with Crippen molar-refractivity contribution in [3.8, 4) is 0 Å². The Morgan fingerprint density at radius 1 is 0.973 bits per heavy atom. The van der Waals surface area contributed by atoms with Crippen LogP contribution in [0.2, 0.25) is 0 Å². The molecule has 0 aromatic heterocycles. The number of unbranched alkanes of at least 4 members (excludes halogenated alkanes) is 1. The molecule has 3 fully saturated rings. The topological polar surface area (TPSA) is 155 Å². The average molecular weight is 560 g/mol. The highest BCUT2D eigenvalue weighted by atomic mass is 32.2. The summed E-state index contributed by atoms with van der Waals surface area (Å²) < 4.78 is 10.8. The SMILES string of the molecule is O=C(CCCCC1SCC2NC(=O)NC21)NCCOCCOCCNC(=O)CCN1C(=O)CC(S)C1=O. The van der Waals surface area contributed by atoms with Gasteiger partial charge in [0.05, 0.1) is 43.8 Å². The van der Waals surface area contributed by atoms with Crippen LogP contribution in [0.3, 0.4) is 0 Å². The summed E-state index contributed by atoms with van der Waals surface area (Å²) in [6, 6.07) is 0.366. The number of likely N-dealkylation sites (tertiary alicyclic amines) is 1. The number of carbonyl (C=O) groups excluding carboxylic acids is 5. The fourth-order valence-corrected chi connectivity index (χ4v) is 6.25. The number of rotatable bonds is 17. The number of ether oxygens (including phenoxy) is 2. The minimum atomic E-state index is -0.607. The summed E-state index contributed by atoms with van der Waals surface area (Å²) in [5.74, 6) is 0.0429. The van der Waals surface area contributed by atoms with E-state index in [2.05, 4.69) is 33.9 Å². The predicted molar refractivity (Wildman–Crippen MR) is 140 cm³/mol. The Kier molecular flexibility index (Phi) is 12.3. The summed E-state index contributed by atoms with van der Waals surface area (Å²) >= 11 is 5.93. The number of hydrogen-bond donors (Lipinski definition) is 5. The first-order valence-corrected chi connectivity index (χ1v) is 14.3. The molecule has 0 aliphatic carbocycles. The van der Waals surface area contributed by atoms with E-state index in [-0.39, 0.29) is 61.1 Å². The van der Waals surface area contributed by atoms with Crippen LogP contribution in [0, 0.1) is 0 Å². The Hall–Kier alpha value is -2.03. The number of imide groups is 1. The molecule has 3 aliphatic rings. The number of thioether (sulfide) groups is 1. The number of nitrogens with one attached hydrogen (secondary N) is 4. The predicted octanol–water partition coefficient (Wildman–Crippen LogP) is -0.575. The lowest BCUT2D eigenvalue weighted by molar-refractivity contribution is -0.138. The molecule has 0 spiro atoms. The lowest BCUT2D eigenvalue weighted by Gasteiger charge is -2.16. The van der Waals surface area contributed by atoms with E-state index in [4.69, 9.17) is 9.47 Å². The van der Waals surface area contributed by atoms with Gasteiger partial charge in [-0.25, -0.2) is 4.79 Å². The van der Waals surface area contributed by atoms with Gasteiger partial charge in [-0.1, -0.05) is 6.42 Å². The van der Waals surface area contributed by atoms with E-state index >= 15 is 0 Å². The van der Waals surface area contributed by atoms with Crippen molar-refractivity contribution in [1.29, 1.82) is 0 Å². The number of thiol groups is 1. The second-order valence-electron chi connectivity index (χ2n) is 9.15. The highest BCUT2D eigenvalue weighted by Crippen LogP contribution is 2.33. The van der Waals surface area contributed by atoms with Gasteiger partial charge in [0.25, 0.3) is 0 Å². The van der Waals surface area contributed by atoms with E-state index in [1.807, 2.05) is 11.8 Å². The summed E-state index contributed by atoms with van der Waals surface area (Å²) in [4.78, 5) is 59.7. The van der Waals surface area contributed by atoms with Gasteiger partial charge in [0, 0.05) is 49.9 Å². The molecule has 0 bridgehead atoms. The third-order valence-electron chi connectivity index (χ3n) is 6.37. The summed E-state index contributed by atoms with van der Waals surface area (Å²) in [6.45, 7) is 2.26. The average Bonchev–Trinajstić information content (AvgIpc) is 3.49. The molecular formula is C23H37N5O7S2. The van der Waals surface area contributed by atoms with E-state index in [1.54, 1.807) is 0 Å². The first kappa shape index (κ1) is 29.5. The molecule has 4 N–H and O–H groups in total. The fraction of sp³-hybridized carbons (Fsp3) is 0.783. The lowest BCUT2D eigenvalue weighted by Crippen LogP contribution is -2.36. The van der Waals surface area contributed by atoms with Crippen LogP contribution in [-0.2, 0) is 28.7 Å². The number of hydrogen-bond acceptors (Lipinski definition) is 9. The molecule has 6 amide bonds. The zero-order chi connectivity index (χ0) is 26.6. The molecule has 4 atom stereocenters. The van der Waals surface area contributed by atoms with Crippen LogP contribution in [0.15, 0.2) is 0 Å². The number of nitrogens with zero attached hydrogens (tertiary/aromatic N) is 1. The zero-order valence-electron chi connectivity index (χ0n) is 20.9. The van der Waals surface area contributed by atoms with E-state index in [1.165, 1.54) is 0 Å². The molecule has 0 radical (unpaired) electrons. The van der Waals surface area contributed by atoms with Gasteiger partial charge in [-0.15, -0.1) is 0 Å². The standard InChI is InChI=1S/C23H37N5O7S2/c29-18(4-2-1-3-17-21-15(14-37-17)26-23(33)27-21)24-6-9-34-11-12-35-10-7-25-19(30)5-8-28-20(31)13-16(36)22(28)32/h15-17,21,36H,1-14H2,(H,24,29)(H,25,30)(H2,26,27,33). The number of amides is 6. The Bertz CT molecular complexity index is 833. The van der Waals surface area contributed by atoms with E-state index in [9.17, 15) is 24.0 Å². The highest BCUT2D eigenvalue weighted by Gasteiger charge is 2.42. The molecule has 0 saturated carbocycles. The van der Waals surface area contributed by atoms with Gasteiger partial charge in [0.15, 0.2) is 0 Å². The van der Waals surface area contributed by atoms with E-state index in [0.29, 0.717) is 51.2 Å². The van der Waals surface area contributed by atoms with Gasteiger partial charge in [0.1, 0.15) is 0 Å². The summed E-state index contributed by atoms with van der Waals surface area (Å²) in [7, 11) is 0. The zero-order valence-corrected chi connectivity index (χ0v) is 22.6. The molecule has 4 unspecified atom stereocenters. The molecule has 3 saturated heterocycles. The maximum absolute atomic E-state index is 12.0. The Morgan fingerprint density at radius 3 is 2.30 bits per heavy atom. The Labute approximate surface area is 226 Å². The number of urea groups is 1. The van der Waals surface area contributed by atoms with Crippen molar-refractivity contribution in [3.05, 3.63) is 0 Å². The maximum Gasteiger partial charge on any atom is 0.315 e. The van der Waals surface area contributed by atoms with Gasteiger partial charge in [-0.2, -0.15) is 24.4 Å². The maximum atomic E-state index is 12.0. The first-order chi connectivity index (χ1) is 17.8. The van der Waals surface area contributed by atoms with Crippen molar-refractivity contribution in [2.24, 2.45) is 0 Å². The largest absolute Gasteiger partial charge is 0.377 e. The molecular weight excluding hydrogens is 522 g/mol. The Balaban J connectivity index is 1.06. The minimum Gasteiger partial charge on any atom is -0.377 e. The van der Waals surface area contributed by atoms with Crippen LogP contribution in [0.5, 0.6) is 0 Å². The molecule has 37 heavy (non-hydrogen) atoms. The van der Waals surface area contributed by atoms with Crippen molar-refractivity contribution in [3.63, 3.8) is 0 Å². The molecule has 0 aromatic rings. The van der Waals surface area contributed by atoms with Crippen molar-refractivity contribution in [2.45, 2.75) is 61.1 Å². The van der Waals surface area contributed by atoms with Crippen LogP contribution in [0.4, 0.5) is 4.79 Å². The minimum absolute atomic E-state index is 0.00674. The smallest absolute Gasteiger partial charge is 0.315 e. The van der Waals surface area contributed by atoms with Crippen LogP contribution in [-0.4, -0.2) is 109 Å². The van der Waals surface area contributed by atoms with Crippen LogP contribution >= 0.6 is 24.4 Å². The van der Waals surface area contributed by atoms with Crippen LogP contribution in [0.1, 0.15) is 38.5 Å². The van der Waals surface area contributed by atoms with Crippen molar-refractivity contribution >= 4 is 54.1 Å². The van der Waals surface area contributed by atoms with Gasteiger partial charge >= 0.3 is 6.03 Å². The second-order valence-corrected chi connectivity index (χ2v) is 11.0. The second kappa shape index (κ2) is 15.4.